The largest absolute Gasteiger partial charge is 0.472 e. The molecule has 2 aliphatic rings. The molecular weight excluding hydrogens is 202 g/mol. The molecule has 3 heterocycles. The number of hydrogen-bond donors (Lipinski definition) is 0. The highest BCUT2D eigenvalue weighted by Crippen LogP contribution is 2.42. The summed E-state index contributed by atoms with van der Waals surface area (Å²) in [5, 5.41) is 0. The summed E-state index contributed by atoms with van der Waals surface area (Å²) >= 11 is 0. The van der Waals surface area contributed by atoms with Crippen LogP contribution in [0.15, 0.2) is 23.0 Å². The van der Waals surface area contributed by atoms with Crippen molar-refractivity contribution >= 4 is 5.91 Å². The highest BCUT2D eigenvalue weighted by molar-refractivity contribution is 5.79. The molecule has 2 saturated heterocycles. The number of fused-ring (bicyclic) bond motifs is 1. The van der Waals surface area contributed by atoms with Crippen LogP contribution in [0.4, 0.5) is 0 Å². The molecule has 2 fully saturated rings. The van der Waals surface area contributed by atoms with Crippen molar-refractivity contribution in [3.05, 3.63) is 24.2 Å². The molecule has 2 aliphatic heterocycles. The molecule has 3 atom stereocenters. The lowest BCUT2D eigenvalue weighted by Gasteiger charge is -2.41. The summed E-state index contributed by atoms with van der Waals surface area (Å²) in [7, 11) is 0. The number of rotatable bonds is 1. The number of carbonyl (C=O) groups excluding carboxylic acids is 1. The third-order valence-corrected chi connectivity index (χ3v) is 4.12. The Morgan fingerprint density at radius 2 is 2.25 bits per heavy atom. The molecule has 3 nitrogen and oxygen atoms in total. The Kier molecular flexibility index (Phi) is 2.27. The molecule has 0 unspecified atom stereocenters. The average Bonchev–Trinajstić information content (AvgIpc) is 2.90. The van der Waals surface area contributed by atoms with Gasteiger partial charge in [0.25, 0.3) is 0 Å². The quantitative estimate of drug-likeness (QED) is 0.727. The summed E-state index contributed by atoms with van der Waals surface area (Å²) in [4.78, 5) is 14.1. The van der Waals surface area contributed by atoms with Crippen molar-refractivity contribution in [2.75, 3.05) is 0 Å². The Balaban J connectivity index is 1.92. The van der Waals surface area contributed by atoms with E-state index in [1.807, 2.05) is 6.07 Å². The van der Waals surface area contributed by atoms with Gasteiger partial charge in [0.05, 0.1) is 18.6 Å². The summed E-state index contributed by atoms with van der Waals surface area (Å²) in [6, 6.07) is 2.71. The van der Waals surface area contributed by atoms with Gasteiger partial charge < -0.3 is 9.32 Å². The van der Waals surface area contributed by atoms with E-state index in [0.29, 0.717) is 17.9 Å². The van der Waals surface area contributed by atoms with Gasteiger partial charge in [-0.25, -0.2) is 0 Å². The molecule has 3 heteroatoms. The lowest BCUT2D eigenvalue weighted by atomic mass is 9.85. The zero-order valence-corrected chi connectivity index (χ0v) is 9.56. The van der Waals surface area contributed by atoms with E-state index in [-0.39, 0.29) is 6.04 Å². The van der Waals surface area contributed by atoms with Gasteiger partial charge in [-0.1, -0.05) is 6.92 Å². The number of nitrogens with zero attached hydrogens (tertiary/aromatic N) is 1. The summed E-state index contributed by atoms with van der Waals surface area (Å²) in [5.41, 5.74) is 1.16. The van der Waals surface area contributed by atoms with E-state index in [1.165, 1.54) is 6.42 Å². The maximum Gasteiger partial charge on any atom is 0.223 e. The fourth-order valence-electron chi connectivity index (χ4n) is 3.23. The zero-order chi connectivity index (χ0) is 11.1. The van der Waals surface area contributed by atoms with E-state index in [0.717, 1.165) is 24.8 Å². The molecule has 1 aromatic rings. The molecule has 86 valence electrons. The van der Waals surface area contributed by atoms with Crippen molar-refractivity contribution in [2.45, 2.75) is 44.7 Å². The molecule has 3 rings (SSSR count). The van der Waals surface area contributed by atoms with Crippen LogP contribution in [0, 0.1) is 5.92 Å². The summed E-state index contributed by atoms with van der Waals surface area (Å²) in [6.07, 6.45) is 7.52. The smallest absolute Gasteiger partial charge is 0.223 e. The second kappa shape index (κ2) is 3.65. The Labute approximate surface area is 95.4 Å². The van der Waals surface area contributed by atoms with Gasteiger partial charge in [0.1, 0.15) is 0 Å². The van der Waals surface area contributed by atoms with E-state index in [1.54, 1.807) is 12.5 Å². The van der Waals surface area contributed by atoms with Crippen LogP contribution in [-0.4, -0.2) is 16.8 Å². The fourth-order valence-corrected chi connectivity index (χ4v) is 3.23. The first-order chi connectivity index (χ1) is 7.77. The predicted octanol–water partition coefficient (Wildman–Crippen LogP) is 2.74. The monoisotopic (exact) mass is 219 g/mol. The number of piperidine rings is 1. The van der Waals surface area contributed by atoms with Crippen molar-refractivity contribution in [1.82, 2.24) is 4.90 Å². The van der Waals surface area contributed by atoms with Crippen LogP contribution in [0.1, 0.15) is 44.2 Å². The number of furan rings is 1. The normalized spacial score (nSPS) is 34.2. The summed E-state index contributed by atoms with van der Waals surface area (Å²) < 4.78 is 5.14. The number of hydrogen-bond acceptors (Lipinski definition) is 2. The molecular formula is C13H17NO2. The van der Waals surface area contributed by atoms with E-state index in [4.69, 9.17) is 4.42 Å². The van der Waals surface area contributed by atoms with Gasteiger partial charge in [-0.2, -0.15) is 0 Å². The van der Waals surface area contributed by atoms with Gasteiger partial charge in [0.15, 0.2) is 0 Å². The maximum atomic E-state index is 12.0. The van der Waals surface area contributed by atoms with E-state index in [2.05, 4.69) is 11.8 Å². The molecule has 0 bridgehead atoms. The van der Waals surface area contributed by atoms with E-state index >= 15 is 0 Å². The first-order valence-electron chi connectivity index (χ1n) is 6.10. The molecule has 0 aliphatic carbocycles. The fraction of sp³-hybridized carbons (Fsp3) is 0.615. The van der Waals surface area contributed by atoms with Crippen molar-refractivity contribution in [1.29, 1.82) is 0 Å². The second-order valence-electron chi connectivity index (χ2n) is 5.03. The lowest BCUT2D eigenvalue weighted by molar-refractivity contribution is -0.134. The molecule has 0 aromatic carbocycles. The van der Waals surface area contributed by atoms with Crippen molar-refractivity contribution in [2.24, 2.45) is 5.92 Å². The molecule has 0 spiro atoms. The molecule has 0 N–H and O–H groups in total. The van der Waals surface area contributed by atoms with Gasteiger partial charge in [-0.05, 0) is 31.2 Å². The first-order valence-corrected chi connectivity index (χ1v) is 6.10. The van der Waals surface area contributed by atoms with Crippen LogP contribution in [-0.2, 0) is 4.79 Å². The second-order valence-corrected chi connectivity index (χ2v) is 5.03. The SMILES string of the molecule is C[C@@H]1CC[C@@H](c2ccoc2)N2C(=O)CC[C@@H]12. The third kappa shape index (κ3) is 1.38. The predicted molar refractivity (Wildman–Crippen MR) is 59.7 cm³/mol. The molecule has 16 heavy (non-hydrogen) atoms. The van der Waals surface area contributed by atoms with Gasteiger partial charge in [-0.3, -0.25) is 4.79 Å². The Bertz CT molecular complexity index is 385. The van der Waals surface area contributed by atoms with Crippen LogP contribution in [0.5, 0.6) is 0 Å². The molecule has 1 amide bonds. The molecule has 0 saturated carbocycles. The minimum atomic E-state index is 0.259. The van der Waals surface area contributed by atoms with Gasteiger partial charge in [0.2, 0.25) is 5.91 Å². The Hall–Kier alpha value is -1.25. The lowest BCUT2D eigenvalue weighted by Crippen LogP contribution is -2.43. The highest BCUT2D eigenvalue weighted by atomic mass is 16.3. The minimum absolute atomic E-state index is 0.259. The molecule has 0 radical (unpaired) electrons. The molecule has 1 aromatic heterocycles. The van der Waals surface area contributed by atoms with Gasteiger partial charge >= 0.3 is 0 Å². The number of carbonyl (C=O) groups is 1. The van der Waals surface area contributed by atoms with Crippen molar-refractivity contribution in [3.8, 4) is 0 Å². The zero-order valence-electron chi connectivity index (χ0n) is 9.56. The number of amides is 1. The highest BCUT2D eigenvalue weighted by Gasteiger charge is 2.42. The van der Waals surface area contributed by atoms with Crippen LogP contribution in [0.25, 0.3) is 0 Å². The van der Waals surface area contributed by atoms with E-state index < -0.39 is 0 Å². The Morgan fingerprint density at radius 3 is 3.00 bits per heavy atom. The topological polar surface area (TPSA) is 33.5 Å². The summed E-state index contributed by atoms with van der Waals surface area (Å²) in [6.45, 7) is 2.27. The van der Waals surface area contributed by atoms with Gasteiger partial charge in [-0.15, -0.1) is 0 Å². The standard InChI is InChI=1S/C13H17NO2/c1-9-2-3-12(10-6-7-16-8-10)14-11(9)4-5-13(14)15/h6-9,11-12H,2-5H2,1H3/t9-,11+,12+/m1/s1. The van der Waals surface area contributed by atoms with Crippen LogP contribution >= 0.6 is 0 Å². The van der Waals surface area contributed by atoms with E-state index in [9.17, 15) is 4.79 Å². The van der Waals surface area contributed by atoms with Crippen molar-refractivity contribution in [3.63, 3.8) is 0 Å². The Morgan fingerprint density at radius 1 is 1.38 bits per heavy atom. The third-order valence-electron chi connectivity index (χ3n) is 4.12. The average molecular weight is 219 g/mol. The first kappa shape index (κ1) is 9.94. The van der Waals surface area contributed by atoms with Gasteiger partial charge in [0, 0.05) is 18.0 Å². The van der Waals surface area contributed by atoms with Crippen LogP contribution < -0.4 is 0 Å². The maximum absolute atomic E-state index is 12.0. The van der Waals surface area contributed by atoms with Crippen LogP contribution in [0.3, 0.4) is 0 Å². The van der Waals surface area contributed by atoms with Crippen LogP contribution in [0.2, 0.25) is 0 Å². The van der Waals surface area contributed by atoms with Crippen molar-refractivity contribution < 1.29 is 9.21 Å². The summed E-state index contributed by atoms with van der Waals surface area (Å²) in [5.74, 6) is 0.970. The minimum Gasteiger partial charge on any atom is -0.472 e.